The standard InChI is InChI=1S/C22H25FN6O3/c1-12(13-2-3-13)19-16(10-24)18(8-9-28(19)22(31)32)29-11-17(20(25)30)21(27-29)26-15-6-4-14(23)5-7-15/h4-7,11-13,16,18-19H,2-3,8-9H2,1H3,(H2,25,30)(H,26,27)(H,31,32)/t12?,16-,18-,19?/m0/s1. The van der Waals surface area contributed by atoms with Gasteiger partial charge in [0.15, 0.2) is 5.82 Å². The minimum absolute atomic E-state index is 0.0431. The molecule has 2 aliphatic rings. The Bertz CT molecular complexity index is 1060. The van der Waals surface area contributed by atoms with Crippen molar-refractivity contribution in [1.82, 2.24) is 14.7 Å². The van der Waals surface area contributed by atoms with E-state index in [0.717, 1.165) is 12.8 Å². The molecule has 1 aromatic carbocycles. The molecule has 9 nitrogen and oxygen atoms in total. The van der Waals surface area contributed by atoms with Gasteiger partial charge in [-0.3, -0.25) is 9.48 Å². The first-order chi connectivity index (χ1) is 15.3. The van der Waals surface area contributed by atoms with Gasteiger partial charge in [-0.15, -0.1) is 0 Å². The van der Waals surface area contributed by atoms with Crippen LogP contribution in [-0.4, -0.2) is 44.4 Å². The Hall–Kier alpha value is -3.61. The van der Waals surface area contributed by atoms with Crippen LogP contribution in [0.4, 0.5) is 20.7 Å². The molecule has 0 radical (unpaired) electrons. The number of nitrogens with two attached hydrogens (primary N) is 1. The Morgan fingerprint density at radius 2 is 2.00 bits per heavy atom. The second-order valence-electron chi connectivity index (χ2n) is 8.54. The quantitative estimate of drug-likeness (QED) is 0.630. The first-order valence-electron chi connectivity index (χ1n) is 10.6. The molecule has 4 atom stereocenters. The molecule has 1 aliphatic carbocycles. The first-order valence-corrected chi connectivity index (χ1v) is 10.6. The van der Waals surface area contributed by atoms with Crippen molar-refractivity contribution in [3.63, 3.8) is 0 Å². The number of nitriles is 1. The van der Waals surface area contributed by atoms with E-state index in [-0.39, 0.29) is 23.8 Å². The number of carboxylic acid groups (broad SMARTS) is 1. The molecule has 32 heavy (non-hydrogen) atoms. The summed E-state index contributed by atoms with van der Waals surface area (Å²) in [5.74, 6) is -1.06. The van der Waals surface area contributed by atoms with Crippen LogP contribution >= 0.6 is 0 Å². The summed E-state index contributed by atoms with van der Waals surface area (Å²) in [6.45, 7) is 2.27. The smallest absolute Gasteiger partial charge is 0.407 e. The molecule has 2 heterocycles. The van der Waals surface area contributed by atoms with Gasteiger partial charge in [-0.2, -0.15) is 10.4 Å². The molecule has 4 N–H and O–H groups in total. The Balaban J connectivity index is 1.67. The lowest BCUT2D eigenvalue weighted by Gasteiger charge is -2.44. The lowest BCUT2D eigenvalue weighted by molar-refractivity contribution is 0.0377. The normalized spacial score (nSPS) is 23.9. The highest BCUT2D eigenvalue weighted by Crippen LogP contribution is 2.45. The fourth-order valence-corrected chi connectivity index (χ4v) is 4.72. The van der Waals surface area contributed by atoms with Crippen LogP contribution in [0.1, 0.15) is 42.6 Å². The van der Waals surface area contributed by atoms with Gasteiger partial charge in [-0.1, -0.05) is 6.92 Å². The van der Waals surface area contributed by atoms with Crippen molar-refractivity contribution >= 4 is 23.5 Å². The summed E-state index contributed by atoms with van der Waals surface area (Å²) in [4.78, 5) is 25.3. The monoisotopic (exact) mass is 440 g/mol. The van der Waals surface area contributed by atoms with Crippen LogP contribution in [0.5, 0.6) is 0 Å². The second-order valence-corrected chi connectivity index (χ2v) is 8.54. The number of rotatable bonds is 6. The van der Waals surface area contributed by atoms with Crippen LogP contribution in [0.2, 0.25) is 0 Å². The number of hydrogen-bond acceptors (Lipinski definition) is 5. The van der Waals surface area contributed by atoms with Crippen molar-refractivity contribution in [2.45, 2.75) is 38.3 Å². The Morgan fingerprint density at radius 3 is 2.56 bits per heavy atom. The largest absolute Gasteiger partial charge is 0.465 e. The van der Waals surface area contributed by atoms with E-state index in [9.17, 15) is 24.3 Å². The molecule has 1 saturated carbocycles. The van der Waals surface area contributed by atoms with Crippen molar-refractivity contribution in [2.75, 3.05) is 11.9 Å². The number of nitrogens with one attached hydrogen (secondary N) is 1. The molecule has 0 spiro atoms. The zero-order valence-electron chi connectivity index (χ0n) is 17.6. The van der Waals surface area contributed by atoms with Crippen molar-refractivity contribution < 1.29 is 19.1 Å². The Labute approximate surface area is 184 Å². The summed E-state index contributed by atoms with van der Waals surface area (Å²) in [5.41, 5.74) is 6.21. The number of benzene rings is 1. The summed E-state index contributed by atoms with van der Waals surface area (Å²) < 4.78 is 14.8. The van der Waals surface area contributed by atoms with Crippen molar-refractivity contribution in [1.29, 1.82) is 5.26 Å². The number of likely N-dealkylation sites (tertiary alicyclic amines) is 1. The molecule has 2 amide bonds. The highest BCUT2D eigenvalue weighted by atomic mass is 19.1. The van der Waals surface area contributed by atoms with Crippen molar-refractivity contribution in [2.24, 2.45) is 23.5 Å². The molecule has 10 heteroatoms. The van der Waals surface area contributed by atoms with E-state index in [0.29, 0.717) is 18.0 Å². The van der Waals surface area contributed by atoms with Crippen molar-refractivity contribution in [3.8, 4) is 6.07 Å². The van der Waals surface area contributed by atoms with Gasteiger partial charge in [0.2, 0.25) is 0 Å². The Morgan fingerprint density at radius 1 is 1.31 bits per heavy atom. The number of piperidine rings is 1. The average molecular weight is 440 g/mol. The molecule has 2 fully saturated rings. The van der Waals surface area contributed by atoms with E-state index in [1.165, 1.54) is 35.4 Å². The number of anilines is 2. The van der Waals surface area contributed by atoms with Crippen LogP contribution in [0, 0.1) is 34.9 Å². The second kappa shape index (κ2) is 8.49. The predicted molar refractivity (Wildman–Crippen MR) is 114 cm³/mol. The summed E-state index contributed by atoms with van der Waals surface area (Å²) in [5, 5.41) is 27.2. The lowest BCUT2D eigenvalue weighted by atomic mass is 9.78. The number of carbonyl (C=O) groups is 2. The van der Waals surface area contributed by atoms with E-state index in [4.69, 9.17) is 5.73 Å². The molecule has 1 aromatic heterocycles. The van der Waals surface area contributed by atoms with Gasteiger partial charge < -0.3 is 21.1 Å². The van der Waals surface area contributed by atoms with Crippen LogP contribution in [0.15, 0.2) is 30.5 Å². The minimum Gasteiger partial charge on any atom is -0.465 e. The van der Waals surface area contributed by atoms with E-state index in [1.807, 2.05) is 6.92 Å². The molecule has 2 aromatic rings. The SMILES string of the molecule is CC(C1CC1)C1[C@@H](C#N)[C@@H](n2cc(C(N)=O)c(Nc3ccc(F)cc3)n2)CCN1C(=O)O. The fraction of sp³-hybridized carbons (Fsp3) is 0.455. The first kappa shape index (κ1) is 21.6. The van der Waals surface area contributed by atoms with Gasteiger partial charge >= 0.3 is 6.09 Å². The number of aromatic nitrogens is 2. The number of primary amides is 1. The topological polar surface area (TPSA) is 137 Å². The third-order valence-electron chi connectivity index (χ3n) is 6.55. The zero-order valence-corrected chi connectivity index (χ0v) is 17.6. The molecular formula is C22H25FN6O3. The van der Waals surface area contributed by atoms with Crippen LogP contribution in [-0.2, 0) is 0 Å². The maximum Gasteiger partial charge on any atom is 0.407 e. The summed E-state index contributed by atoms with van der Waals surface area (Å²) >= 11 is 0. The van der Waals surface area contributed by atoms with Crippen LogP contribution in [0.3, 0.4) is 0 Å². The van der Waals surface area contributed by atoms with E-state index >= 15 is 0 Å². The van der Waals surface area contributed by atoms with E-state index in [1.54, 1.807) is 4.68 Å². The molecule has 4 rings (SSSR count). The highest BCUT2D eigenvalue weighted by Gasteiger charge is 2.48. The molecule has 1 saturated heterocycles. The lowest BCUT2D eigenvalue weighted by Crippen LogP contribution is -2.54. The molecule has 168 valence electrons. The molecule has 2 unspecified atom stereocenters. The van der Waals surface area contributed by atoms with Gasteiger partial charge in [-0.05, 0) is 55.4 Å². The van der Waals surface area contributed by atoms with Gasteiger partial charge in [0.25, 0.3) is 5.91 Å². The number of amides is 2. The molecular weight excluding hydrogens is 415 g/mol. The zero-order chi connectivity index (χ0) is 23.0. The van der Waals surface area contributed by atoms with Crippen LogP contribution in [0.25, 0.3) is 0 Å². The third-order valence-corrected chi connectivity index (χ3v) is 6.55. The summed E-state index contributed by atoms with van der Waals surface area (Å²) in [6, 6.07) is 7.02. The van der Waals surface area contributed by atoms with Gasteiger partial charge in [0.1, 0.15) is 11.4 Å². The van der Waals surface area contributed by atoms with E-state index < -0.39 is 35.8 Å². The van der Waals surface area contributed by atoms with Crippen LogP contribution < -0.4 is 11.1 Å². The highest BCUT2D eigenvalue weighted by molar-refractivity contribution is 5.98. The van der Waals surface area contributed by atoms with Gasteiger partial charge in [0.05, 0.1) is 24.1 Å². The summed E-state index contributed by atoms with van der Waals surface area (Å²) in [7, 11) is 0. The molecule has 0 bridgehead atoms. The number of hydrogen-bond donors (Lipinski definition) is 3. The maximum atomic E-state index is 13.2. The summed E-state index contributed by atoms with van der Waals surface area (Å²) in [6.07, 6.45) is 2.92. The predicted octanol–water partition coefficient (Wildman–Crippen LogP) is 3.34. The maximum absolute atomic E-state index is 13.2. The van der Waals surface area contributed by atoms with Crippen molar-refractivity contribution in [3.05, 3.63) is 41.8 Å². The fourth-order valence-electron chi connectivity index (χ4n) is 4.72. The number of carbonyl (C=O) groups excluding carboxylic acids is 1. The van der Waals surface area contributed by atoms with Gasteiger partial charge in [-0.25, -0.2) is 9.18 Å². The van der Waals surface area contributed by atoms with E-state index in [2.05, 4.69) is 16.5 Å². The minimum atomic E-state index is -1.03. The average Bonchev–Trinajstić information content (AvgIpc) is 3.53. The number of nitrogens with zero attached hydrogens (tertiary/aromatic N) is 4. The number of halogens is 1. The Kier molecular flexibility index (Phi) is 5.74. The van der Waals surface area contributed by atoms with Gasteiger partial charge in [0, 0.05) is 18.4 Å². The third kappa shape index (κ3) is 4.10. The molecule has 1 aliphatic heterocycles.